The van der Waals surface area contributed by atoms with E-state index in [2.05, 4.69) is 15.3 Å². The quantitative estimate of drug-likeness (QED) is 0.707. The molecule has 1 heterocycles. The number of carbonyl (C=O) groups excluding carboxylic acids is 1. The molecule has 1 amide bonds. The molecule has 0 atom stereocenters. The number of nitrogens with zero attached hydrogens (tertiary/aromatic N) is 1. The Labute approximate surface area is 116 Å². The van der Waals surface area contributed by atoms with Crippen LogP contribution in [-0.2, 0) is 17.8 Å². The van der Waals surface area contributed by atoms with Gasteiger partial charge < -0.3 is 16.0 Å². The van der Waals surface area contributed by atoms with Crippen LogP contribution in [-0.4, -0.2) is 20.9 Å². The zero-order chi connectivity index (χ0) is 13.7. The molecule has 0 aliphatic carbocycles. The van der Waals surface area contributed by atoms with Crippen LogP contribution in [0.3, 0.4) is 0 Å². The van der Waals surface area contributed by atoms with Crippen molar-refractivity contribution in [2.45, 2.75) is 13.0 Å². The second kappa shape index (κ2) is 6.10. The average Bonchev–Trinajstić information content (AvgIpc) is 2.90. The van der Waals surface area contributed by atoms with Crippen molar-refractivity contribution in [3.8, 4) is 0 Å². The molecule has 0 bridgehead atoms. The Morgan fingerprint density at radius 2 is 2.11 bits per heavy atom. The summed E-state index contributed by atoms with van der Waals surface area (Å²) in [5.74, 6) is -0.0438. The van der Waals surface area contributed by atoms with E-state index in [0.29, 0.717) is 18.0 Å². The third-order valence-corrected chi connectivity index (χ3v) is 2.87. The normalized spacial score (nSPS) is 10.1. The Bertz CT molecular complexity index is 563. The average molecular weight is 274 g/mol. The van der Waals surface area contributed by atoms with Crippen molar-refractivity contribution in [3.05, 3.63) is 53.6 Å². The second-order valence-electron chi connectivity index (χ2n) is 4.09. The number of hydrogen-bond acceptors (Lipinski definition) is 3. The molecule has 6 heteroatoms. The largest absolute Gasteiger partial charge is 0.389 e. The van der Waals surface area contributed by atoms with Crippen LogP contribution in [0, 0.1) is 0 Å². The van der Waals surface area contributed by atoms with Gasteiger partial charge in [0, 0.05) is 11.8 Å². The summed E-state index contributed by atoms with van der Waals surface area (Å²) < 4.78 is 0. The summed E-state index contributed by atoms with van der Waals surface area (Å²) in [5, 5.41) is 2.81. The lowest BCUT2D eigenvalue weighted by Crippen LogP contribution is -2.24. The number of aromatic amines is 1. The highest BCUT2D eigenvalue weighted by atomic mass is 32.1. The van der Waals surface area contributed by atoms with Gasteiger partial charge in [-0.2, -0.15) is 0 Å². The first-order valence-corrected chi connectivity index (χ1v) is 6.18. The number of benzene rings is 1. The van der Waals surface area contributed by atoms with E-state index in [1.807, 2.05) is 24.3 Å². The van der Waals surface area contributed by atoms with Gasteiger partial charge in [-0.1, -0.05) is 36.5 Å². The summed E-state index contributed by atoms with van der Waals surface area (Å²) in [5.41, 5.74) is 8.10. The minimum atomic E-state index is -0.0438. The topological polar surface area (TPSA) is 83.8 Å². The van der Waals surface area contributed by atoms with Gasteiger partial charge in [0.05, 0.1) is 25.0 Å². The van der Waals surface area contributed by atoms with Gasteiger partial charge in [0.25, 0.3) is 0 Å². The van der Waals surface area contributed by atoms with Gasteiger partial charge in [0.15, 0.2) is 0 Å². The molecule has 2 rings (SSSR count). The molecule has 98 valence electrons. The maximum absolute atomic E-state index is 11.7. The summed E-state index contributed by atoms with van der Waals surface area (Å²) >= 11 is 4.87. The number of carbonyl (C=O) groups is 1. The van der Waals surface area contributed by atoms with Crippen molar-refractivity contribution < 1.29 is 4.79 Å². The summed E-state index contributed by atoms with van der Waals surface area (Å²) in [6.45, 7) is 0.448. The minimum absolute atomic E-state index is 0.0438. The van der Waals surface area contributed by atoms with Crippen molar-refractivity contribution in [1.29, 1.82) is 0 Å². The molecule has 0 spiro atoms. The summed E-state index contributed by atoms with van der Waals surface area (Å²) in [7, 11) is 0. The SMILES string of the molecule is NC(=S)c1ccc(CC(=O)NCc2cnc[nH]2)cc1. The lowest BCUT2D eigenvalue weighted by Gasteiger charge is -2.05. The van der Waals surface area contributed by atoms with Crippen molar-refractivity contribution in [1.82, 2.24) is 15.3 Å². The number of amides is 1. The number of aromatic nitrogens is 2. The fourth-order valence-corrected chi connectivity index (χ4v) is 1.75. The Balaban J connectivity index is 1.86. The summed E-state index contributed by atoms with van der Waals surface area (Å²) in [6.07, 6.45) is 3.58. The number of H-pyrrole nitrogens is 1. The third kappa shape index (κ3) is 3.89. The number of imidazole rings is 1. The smallest absolute Gasteiger partial charge is 0.224 e. The first-order chi connectivity index (χ1) is 9.15. The minimum Gasteiger partial charge on any atom is -0.389 e. The molecular weight excluding hydrogens is 260 g/mol. The van der Waals surface area contributed by atoms with Crippen LogP contribution in [0.4, 0.5) is 0 Å². The Hall–Kier alpha value is -2.21. The zero-order valence-electron chi connectivity index (χ0n) is 10.2. The maximum atomic E-state index is 11.7. The number of nitrogens with one attached hydrogen (secondary N) is 2. The van der Waals surface area contributed by atoms with Gasteiger partial charge >= 0.3 is 0 Å². The van der Waals surface area contributed by atoms with E-state index in [1.54, 1.807) is 12.5 Å². The molecule has 0 radical (unpaired) electrons. The summed E-state index contributed by atoms with van der Waals surface area (Å²) in [6, 6.07) is 7.34. The zero-order valence-corrected chi connectivity index (χ0v) is 11.0. The number of thiocarbonyl (C=S) groups is 1. The van der Waals surface area contributed by atoms with E-state index < -0.39 is 0 Å². The van der Waals surface area contributed by atoms with Crippen LogP contribution >= 0.6 is 12.2 Å². The first-order valence-electron chi connectivity index (χ1n) is 5.78. The molecular formula is C13H14N4OS. The molecule has 19 heavy (non-hydrogen) atoms. The summed E-state index contributed by atoms with van der Waals surface area (Å²) in [4.78, 5) is 18.9. The third-order valence-electron chi connectivity index (χ3n) is 2.63. The van der Waals surface area contributed by atoms with Crippen LogP contribution in [0.2, 0.25) is 0 Å². The maximum Gasteiger partial charge on any atom is 0.224 e. The molecule has 0 fully saturated rings. The van der Waals surface area contributed by atoms with Gasteiger partial charge in [-0.25, -0.2) is 4.98 Å². The standard InChI is InChI=1S/C13H14N4OS/c14-13(19)10-3-1-9(2-4-10)5-12(18)16-7-11-6-15-8-17-11/h1-4,6,8H,5,7H2,(H2,14,19)(H,15,17)(H,16,18). The number of hydrogen-bond donors (Lipinski definition) is 3. The van der Waals surface area contributed by atoms with Gasteiger partial charge in [-0.15, -0.1) is 0 Å². The predicted molar refractivity (Wildman–Crippen MR) is 76.5 cm³/mol. The second-order valence-corrected chi connectivity index (χ2v) is 4.53. The highest BCUT2D eigenvalue weighted by molar-refractivity contribution is 7.80. The van der Waals surface area contributed by atoms with E-state index in [9.17, 15) is 4.79 Å². The molecule has 0 aliphatic heterocycles. The van der Waals surface area contributed by atoms with E-state index in [1.165, 1.54) is 0 Å². The van der Waals surface area contributed by atoms with Gasteiger partial charge in [0.2, 0.25) is 5.91 Å². The Morgan fingerprint density at radius 1 is 1.37 bits per heavy atom. The Kier molecular flexibility index (Phi) is 4.25. The first kappa shape index (κ1) is 13.2. The Morgan fingerprint density at radius 3 is 2.68 bits per heavy atom. The van der Waals surface area contributed by atoms with E-state index in [4.69, 9.17) is 18.0 Å². The molecule has 5 nitrogen and oxygen atoms in total. The van der Waals surface area contributed by atoms with E-state index >= 15 is 0 Å². The van der Waals surface area contributed by atoms with Crippen molar-refractivity contribution >= 4 is 23.1 Å². The lowest BCUT2D eigenvalue weighted by molar-refractivity contribution is -0.120. The van der Waals surface area contributed by atoms with Gasteiger partial charge in [-0.05, 0) is 5.56 Å². The molecule has 0 unspecified atom stereocenters. The molecule has 1 aromatic heterocycles. The van der Waals surface area contributed by atoms with Crippen molar-refractivity contribution in [2.75, 3.05) is 0 Å². The van der Waals surface area contributed by atoms with Crippen LogP contribution in [0.1, 0.15) is 16.8 Å². The predicted octanol–water partition coefficient (Wildman–Crippen LogP) is 0.903. The van der Waals surface area contributed by atoms with Crippen LogP contribution in [0.25, 0.3) is 0 Å². The lowest BCUT2D eigenvalue weighted by atomic mass is 10.1. The van der Waals surface area contributed by atoms with E-state index in [0.717, 1.165) is 16.8 Å². The van der Waals surface area contributed by atoms with Crippen LogP contribution in [0.15, 0.2) is 36.8 Å². The van der Waals surface area contributed by atoms with Crippen molar-refractivity contribution in [3.63, 3.8) is 0 Å². The molecule has 2 aromatic rings. The number of nitrogens with two attached hydrogens (primary N) is 1. The number of rotatable bonds is 5. The monoisotopic (exact) mass is 274 g/mol. The highest BCUT2D eigenvalue weighted by Crippen LogP contribution is 2.05. The molecule has 0 saturated carbocycles. The van der Waals surface area contributed by atoms with Crippen LogP contribution in [0.5, 0.6) is 0 Å². The van der Waals surface area contributed by atoms with Crippen LogP contribution < -0.4 is 11.1 Å². The highest BCUT2D eigenvalue weighted by Gasteiger charge is 2.04. The van der Waals surface area contributed by atoms with Crippen molar-refractivity contribution in [2.24, 2.45) is 5.73 Å². The van der Waals surface area contributed by atoms with Gasteiger partial charge in [-0.3, -0.25) is 4.79 Å². The molecule has 0 saturated heterocycles. The fourth-order valence-electron chi connectivity index (χ4n) is 1.61. The van der Waals surface area contributed by atoms with Gasteiger partial charge in [0.1, 0.15) is 4.99 Å². The van der Waals surface area contributed by atoms with E-state index in [-0.39, 0.29) is 5.91 Å². The molecule has 4 N–H and O–H groups in total. The molecule has 1 aromatic carbocycles. The fraction of sp³-hybridized carbons (Fsp3) is 0.154. The molecule has 0 aliphatic rings.